The number of ether oxygens (including phenoxy) is 1. The van der Waals surface area contributed by atoms with Crippen molar-refractivity contribution in [3.63, 3.8) is 0 Å². The van der Waals surface area contributed by atoms with E-state index in [0.717, 1.165) is 24.8 Å². The first-order chi connectivity index (χ1) is 8.54. The van der Waals surface area contributed by atoms with Gasteiger partial charge in [-0.3, -0.25) is 0 Å². The van der Waals surface area contributed by atoms with Crippen molar-refractivity contribution in [3.8, 4) is 5.75 Å². The summed E-state index contributed by atoms with van der Waals surface area (Å²) in [7, 11) is 0. The Hall–Kier alpha value is -1.02. The lowest BCUT2D eigenvalue weighted by atomic mass is 9.86. The molecule has 0 unspecified atom stereocenters. The lowest BCUT2D eigenvalue weighted by Gasteiger charge is -2.26. The van der Waals surface area contributed by atoms with E-state index in [4.69, 9.17) is 4.74 Å². The summed E-state index contributed by atoms with van der Waals surface area (Å²) >= 11 is 0. The van der Waals surface area contributed by atoms with Gasteiger partial charge in [-0.15, -0.1) is 0 Å². The maximum Gasteiger partial charge on any atom is 0.123 e. The number of rotatable bonds is 5. The predicted molar refractivity (Wildman–Crippen MR) is 75.9 cm³/mol. The van der Waals surface area contributed by atoms with Crippen molar-refractivity contribution < 1.29 is 4.74 Å². The summed E-state index contributed by atoms with van der Waals surface area (Å²) in [6, 6.07) is 8.36. The highest BCUT2D eigenvalue weighted by Gasteiger charge is 2.18. The van der Waals surface area contributed by atoms with Gasteiger partial charge < -0.3 is 10.1 Å². The van der Waals surface area contributed by atoms with E-state index in [9.17, 15) is 0 Å². The van der Waals surface area contributed by atoms with Gasteiger partial charge in [-0.1, -0.05) is 24.6 Å². The average molecular weight is 247 g/mol. The molecular formula is C16H25NO. The van der Waals surface area contributed by atoms with Crippen LogP contribution in [0.1, 0.15) is 45.6 Å². The molecule has 1 aromatic rings. The molecule has 0 amide bonds. The van der Waals surface area contributed by atoms with Crippen LogP contribution in [0.4, 0.5) is 0 Å². The monoisotopic (exact) mass is 247 g/mol. The van der Waals surface area contributed by atoms with Gasteiger partial charge in [0, 0.05) is 17.6 Å². The number of hydrogen-bond donors (Lipinski definition) is 1. The minimum atomic E-state index is 0.140. The van der Waals surface area contributed by atoms with Crippen LogP contribution < -0.4 is 10.1 Å². The molecule has 0 aromatic heterocycles. The first-order valence-electron chi connectivity index (χ1n) is 7.00. The normalized spacial score (nSPS) is 16.4. The topological polar surface area (TPSA) is 21.3 Å². The predicted octanol–water partition coefficient (Wildman–Crippen LogP) is 3.75. The molecule has 100 valence electrons. The summed E-state index contributed by atoms with van der Waals surface area (Å²) in [5.74, 6) is 1.83. The minimum Gasteiger partial charge on any atom is -0.493 e. The molecule has 1 fully saturated rings. The second-order valence-electron chi connectivity index (χ2n) is 6.32. The molecule has 0 radical (unpaired) electrons. The van der Waals surface area contributed by atoms with Gasteiger partial charge in [-0.2, -0.15) is 0 Å². The lowest BCUT2D eigenvalue weighted by Crippen LogP contribution is -2.35. The Labute approximate surface area is 111 Å². The molecule has 1 saturated carbocycles. The highest BCUT2D eigenvalue weighted by Crippen LogP contribution is 2.28. The largest absolute Gasteiger partial charge is 0.493 e. The molecule has 1 aromatic carbocycles. The standard InChI is InChI=1S/C16H25NO/c1-16(2,3)17-11-14-9-4-5-10-15(14)18-12-13-7-6-8-13/h4-5,9-10,13,17H,6-8,11-12H2,1-3H3. The maximum absolute atomic E-state index is 5.97. The maximum atomic E-state index is 5.97. The summed E-state index contributed by atoms with van der Waals surface area (Å²) in [6.45, 7) is 8.30. The third-order valence-electron chi connectivity index (χ3n) is 3.48. The van der Waals surface area contributed by atoms with Gasteiger partial charge in [0.25, 0.3) is 0 Å². The van der Waals surface area contributed by atoms with Gasteiger partial charge in [0.2, 0.25) is 0 Å². The van der Waals surface area contributed by atoms with Crippen molar-refractivity contribution in [2.75, 3.05) is 6.61 Å². The zero-order chi connectivity index (χ0) is 13.0. The van der Waals surface area contributed by atoms with Crippen molar-refractivity contribution in [2.45, 2.75) is 52.1 Å². The SMILES string of the molecule is CC(C)(C)NCc1ccccc1OCC1CCC1. The van der Waals surface area contributed by atoms with Gasteiger partial charge in [0.15, 0.2) is 0 Å². The molecule has 0 bridgehead atoms. The van der Waals surface area contributed by atoms with Gasteiger partial charge in [-0.05, 0) is 45.6 Å². The molecule has 1 aliphatic rings. The number of para-hydroxylation sites is 1. The van der Waals surface area contributed by atoms with E-state index in [-0.39, 0.29) is 5.54 Å². The quantitative estimate of drug-likeness (QED) is 0.855. The fraction of sp³-hybridized carbons (Fsp3) is 0.625. The van der Waals surface area contributed by atoms with Crippen LogP contribution in [0, 0.1) is 5.92 Å². The summed E-state index contributed by atoms with van der Waals surface area (Å²) < 4.78 is 5.97. The number of nitrogens with one attached hydrogen (secondary N) is 1. The second-order valence-corrected chi connectivity index (χ2v) is 6.32. The Kier molecular flexibility index (Phi) is 4.28. The summed E-state index contributed by atoms with van der Waals surface area (Å²) in [4.78, 5) is 0. The van der Waals surface area contributed by atoms with E-state index < -0.39 is 0 Å². The summed E-state index contributed by atoms with van der Waals surface area (Å²) in [5.41, 5.74) is 1.40. The first kappa shape index (κ1) is 13.4. The Bertz CT molecular complexity index is 377. The van der Waals surface area contributed by atoms with Gasteiger partial charge in [-0.25, -0.2) is 0 Å². The van der Waals surface area contributed by atoms with E-state index in [1.165, 1.54) is 24.8 Å². The summed E-state index contributed by atoms with van der Waals surface area (Å²) in [5, 5.41) is 3.51. The Morgan fingerprint density at radius 1 is 1.22 bits per heavy atom. The van der Waals surface area contributed by atoms with E-state index in [2.05, 4.69) is 50.4 Å². The Balaban J connectivity index is 1.91. The molecule has 0 atom stereocenters. The third kappa shape index (κ3) is 4.02. The zero-order valence-corrected chi connectivity index (χ0v) is 11.8. The molecule has 18 heavy (non-hydrogen) atoms. The second kappa shape index (κ2) is 5.75. The first-order valence-corrected chi connectivity index (χ1v) is 7.00. The lowest BCUT2D eigenvalue weighted by molar-refractivity contribution is 0.179. The van der Waals surface area contributed by atoms with Crippen LogP contribution >= 0.6 is 0 Å². The van der Waals surface area contributed by atoms with Crippen LogP contribution in [0.3, 0.4) is 0 Å². The average Bonchev–Trinajstić information content (AvgIpc) is 2.24. The van der Waals surface area contributed by atoms with Crippen LogP contribution in [0.25, 0.3) is 0 Å². The van der Waals surface area contributed by atoms with Crippen molar-refractivity contribution in [1.29, 1.82) is 0 Å². The Morgan fingerprint density at radius 2 is 1.94 bits per heavy atom. The molecule has 0 heterocycles. The van der Waals surface area contributed by atoms with Crippen molar-refractivity contribution in [1.82, 2.24) is 5.32 Å². The van der Waals surface area contributed by atoms with Crippen molar-refractivity contribution >= 4 is 0 Å². The van der Waals surface area contributed by atoms with Crippen LogP contribution in [0.2, 0.25) is 0 Å². The van der Waals surface area contributed by atoms with Gasteiger partial charge in [0.05, 0.1) is 6.61 Å². The highest BCUT2D eigenvalue weighted by atomic mass is 16.5. The van der Waals surface area contributed by atoms with E-state index in [0.29, 0.717) is 0 Å². The molecule has 2 rings (SSSR count). The highest BCUT2D eigenvalue weighted by molar-refractivity contribution is 5.33. The van der Waals surface area contributed by atoms with Crippen LogP contribution in [-0.4, -0.2) is 12.1 Å². The molecule has 0 aliphatic heterocycles. The smallest absolute Gasteiger partial charge is 0.123 e. The zero-order valence-electron chi connectivity index (χ0n) is 11.8. The minimum absolute atomic E-state index is 0.140. The van der Waals surface area contributed by atoms with Gasteiger partial charge >= 0.3 is 0 Å². The van der Waals surface area contributed by atoms with E-state index in [1.54, 1.807) is 0 Å². The molecule has 1 aliphatic carbocycles. The van der Waals surface area contributed by atoms with Crippen molar-refractivity contribution in [3.05, 3.63) is 29.8 Å². The molecule has 0 saturated heterocycles. The Morgan fingerprint density at radius 3 is 2.56 bits per heavy atom. The summed E-state index contributed by atoms with van der Waals surface area (Å²) in [6.07, 6.45) is 4.05. The number of benzene rings is 1. The molecular weight excluding hydrogens is 222 g/mol. The number of hydrogen-bond acceptors (Lipinski definition) is 2. The fourth-order valence-electron chi connectivity index (χ4n) is 2.02. The fourth-order valence-corrected chi connectivity index (χ4v) is 2.02. The molecule has 1 N–H and O–H groups in total. The van der Waals surface area contributed by atoms with Crippen LogP contribution in [0.5, 0.6) is 5.75 Å². The van der Waals surface area contributed by atoms with E-state index >= 15 is 0 Å². The van der Waals surface area contributed by atoms with Crippen LogP contribution in [0.15, 0.2) is 24.3 Å². The van der Waals surface area contributed by atoms with Gasteiger partial charge in [0.1, 0.15) is 5.75 Å². The third-order valence-corrected chi connectivity index (χ3v) is 3.48. The van der Waals surface area contributed by atoms with Crippen molar-refractivity contribution in [2.24, 2.45) is 5.92 Å². The molecule has 0 spiro atoms. The molecule has 2 nitrogen and oxygen atoms in total. The van der Waals surface area contributed by atoms with Crippen LogP contribution in [-0.2, 0) is 6.54 Å². The van der Waals surface area contributed by atoms with E-state index in [1.807, 2.05) is 0 Å². The molecule has 2 heteroatoms.